The lowest BCUT2D eigenvalue weighted by Gasteiger charge is -2.26. The number of fused-ring (bicyclic) bond motifs is 2. The van der Waals surface area contributed by atoms with E-state index in [1.807, 2.05) is 42.5 Å². The number of esters is 1. The van der Waals surface area contributed by atoms with Crippen molar-refractivity contribution in [2.75, 3.05) is 17.5 Å². The first-order valence-corrected chi connectivity index (χ1v) is 13.8. The minimum absolute atomic E-state index is 0.0736. The van der Waals surface area contributed by atoms with Crippen LogP contribution >= 0.6 is 0 Å². The van der Waals surface area contributed by atoms with Crippen molar-refractivity contribution in [3.8, 4) is 0 Å². The Bertz CT molecular complexity index is 1450. The highest BCUT2D eigenvalue weighted by Gasteiger charge is 2.30. The molecule has 1 unspecified atom stereocenters. The Labute approximate surface area is 216 Å². The molecule has 3 aromatic carbocycles. The lowest BCUT2D eigenvalue weighted by molar-refractivity contribution is -0.144. The molecule has 2 aliphatic rings. The zero-order valence-electron chi connectivity index (χ0n) is 20.3. The Morgan fingerprint density at radius 3 is 2.49 bits per heavy atom. The van der Waals surface area contributed by atoms with E-state index in [1.54, 1.807) is 12.1 Å². The number of anilines is 1. The highest BCUT2D eigenvalue weighted by Crippen LogP contribution is 2.33. The molecule has 7 nitrogen and oxygen atoms in total. The van der Waals surface area contributed by atoms with Gasteiger partial charge in [-0.2, -0.15) is 0 Å². The molecule has 3 aromatic rings. The third-order valence-corrected chi connectivity index (χ3v) is 8.60. The molecule has 190 valence electrons. The number of ether oxygens (including phenoxy) is 1. The van der Waals surface area contributed by atoms with E-state index < -0.39 is 16.0 Å². The summed E-state index contributed by atoms with van der Waals surface area (Å²) in [4.78, 5) is 24.7. The van der Waals surface area contributed by atoms with Crippen LogP contribution < -0.4 is 9.62 Å². The molecule has 0 saturated carbocycles. The smallest absolute Gasteiger partial charge is 0.331 e. The van der Waals surface area contributed by atoms with Gasteiger partial charge in [0.25, 0.3) is 15.9 Å². The molecule has 0 saturated heterocycles. The number of benzene rings is 3. The first-order chi connectivity index (χ1) is 17.9. The van der Waals surface area contributed by atoms with E-state index >= 15 is 0 Å². The summed E-state index contributed by atoms with van der Waals surface area (Å²) in [7, 11) is -3.68. The number of nitrogens with one attached hydrogen (secondary N) is 1. The molecule has 1 heterocycles. The van der Waals surface area contributed by atoms with Gasteiger partial charge in [-0.05, 0) is 72.2 Å². The van der Waals surface area contributed by atoms with E-state index in [9.17, 15) is 18.0 Å². The Morgan fingerprint density at radius 1 is 0.946 bits per heavy atom. The molecule has 1 aliphatic carbocycles. The van der Waals surface area contributed by atoms with Gasteiger partial charge in [-0.15, -0.1) is 0 Å². The van der Waals surface area contributed by atoms with Gasteiger partial charge >= 0.3 is 5.97 Å². The summed E-state index contributed by atoms with van der Waals surface area (Å²) >= 11 is 0. The number of carbonyl (C=O) groups excluding carboxylic acids is 2. The number of hydrogen-bond acceptors (Lipinski definition) is 5. The van der Waals surface area contributed by atoms with Crippen molar-refractivity contribution >= 4 is 33.7 Å². The molecule has 1 N–H and O–H groups in total. The van der Waals surface area contributed by atoms with Gasteiger partial charge in [0.2, 0.25) is 0 Å². The molecule has 1 atom stereocenters. The maximum atomic E-state index is 13.1. The van der Waals surface area contributed by atoms with Crippen molar-refractivity contribution in [1.29, 1.82) is 0 Å². The predicted molar refractivity (Wildman–Crippen MR) is 141 cm³/mol. The summed E-state index contributed by atoms with van der Waals surface area (Å²) in [6.45, 7) is 0.0480. The van der Waals surface area contributed by atoms with Crippen LogP contribution in [0.3, 0.4) is 0 Å². The van der Waals surface area contributed by atoms with Crippen LogP contribution in [0, 0.1) is 0 Å². The standard InChI is InChI=1S/C29H28N2O5S/c32-28(30-26-10-5-8-22-6-1-3-9-25(22)26)20-36-29(33)17-14-21-12-15-24(16-13-21)37(34,35)31-19-18-23-7-2-4-11-27(23)31/h1-4,6-7,9,11-17,26H,5,8,10,18-20H2,(H,30,32). The van der Waals surface area contributed by atoms with Crippen LogP contribution in [0.4, 0.5) is 5.69 Å². The summed E-state index contributed by atoms with van der Waals surface area (Å²) in [5, 5.41) is 2.95. The fraction of sp³-hybridized carbons (Fsp3) is 0.241. The second-order valence-corrected chi connectivity index (χ2v) is 11.0. The minimum Gasteiger partial charge on any atom is -0.452 e. The third-order valence-electron chi connectivity index (χ3n) is 6.77. The molecule has 37 heavy (non-hydrogen) atoms. The van der Waals surface area contributed by atoms with Crippen LogP contribution in [0.5, 0.6) is 0 Å². The van der Waals surface area contributed by atoms with Crippen molar-refractivity contribution in [1.82, 2.24) is 5.32 Å². The molecule has 8 heteroatoms. The fourth-order valence-corrected chi connectivity index (χ4v) is 6.43. The van der Waals surface area contributed by atoms with E-state index in [2.05, 4.69) is 11.4 Å². The summed E-state index contributed by atoms with van der Waals surface area (Å²) in [6, 6.07) is 21.8. The molecule has 0 fully saturated rings. The Kier molecular flexibility index (Phi) is 7.10. The summed E-state index contributed by atoms with van der Waals surface area (Å²) in [5.41, 5.74) is 4.73. The van der Waals surface area contributed by atoms with Crippen LogP contribution in [0.15, 0.2) is 83.8 Å². The fourth-order valence-electron chi connectivity index (χ4n) is 4.92. The number of aryl methyl sites for hydroxylation is 1. The SMILES string of the molecule is O=C(COC(=O)C=Cc1ccc(S(=O)(=O)N2CCc3ccccc32)cc1)NC1CCCc2ccccc21. The topological polar surface area (TPSA) is 92.8 Å². The average molecular weight is 517 g/mol. The van der Waals surface area contributed by atoms with E-state index in [-0.39, 0.29) is 23.5 Å². The van der Waals surface area contributed by atoms with Gasteiger partial charge in [0, 0.05) is 12.6 Å². The van der Waals surface area contributed by atoms with Gasteiger partial charge in [-0.25, -0.2) is 13.2 Å². The minimum atomic E-state index is -3.68. The zero-order chi connectivity index (χ0) is 25.8. The highest BCUT2D eigenvalue weighted by molar-refractivity contribution is 7.92. The molecule has 1 aliphatic heterocycles. The highest BCUT2D eigenvalue weighted by atomic mass is 32.2. The number of amides is 1. The van der Waals surface area contributed by atoms with Gasteiger partial charge in [0.05, 0.1) is 16.6 Å². The van der Waals surface area contributed by atoms with Crippen LogP contribution in [-0.2, 0) is 37.2 Å². The Morgan fingerprint density at radius 2 is 1.68 bits per heavy atom. The maximum absolute atomic E-state index is 13.1. The monoisotopic (exact) mass is 516 g/mol. The number of sulfonamides is 1. The number of para-hydroxylation sites is 1. The van der Waals surface area contributed by atoms with Crippen LogP contribution in [0.1, 0.15) is 41.1 Å². The maximum Gasteiger partial charge on any atom is 0.331 e. The number of carbonyl (C=O) groups is 2. The lowest BCUT2D eigenvalue weighted by atomic mass is 9.88. The van der Waals surface area contributed by atoms with Crippen molar-refractivity contribution in [2.24, 2.45) is 0 Å². The van der Waals surface area contributed by atoms with E-state index in [1.165, 1.54) is 34.2 Å². The molecular weight excluding hydrogens is 488 g/mol. The van der Waals surface area contributed by atoms with Crippen molar-refractivity contribution in [3.63, 3.8) is 0 Å². The van der Waals surface area contributed by atoms with Crippen molar-refractivity contribution in [3.05, 3.63) is 101 Å². The average Bonchev–Trinajstić information content (AvgIpc) is 3.36. The lowest BCUT2D eigenvalue weighted by Crippen LogP contribution is -2.34. The van der Waals surface area contributed by atoms with Crippen LogP contribution in [0.2, 0.25) is 0 Å². The first-order valence-electron chi connectivity index (χ1n) is 12.3. The second kappa shape index (κ2) is 10.6. The number of hydrogen-bond donors (Lipinski definition) is 1. The first kappa shape index (κ1) is 24.8. The van der Waals surface area contributed by atoms with Crippen molar-refractivity contribution < 1.29 is 22.7 Å². The Hall–Kier alpha value is -3.91. The van der Waals surface area contributed by atoms with Gasteiger partial charge in [0.15, 0.2) is 6.61 Å². The molecule has 1 amide bonds. The third kappa shape index (κ3) is 5.44. The number of rotatable bonds is 7. The van der Waals surface area contributed by atoms with E-state index in [4.69, 9.17) is 4.74 Å². The second-order valence-electron chi connectivity index (χ2n) is 9.18. The largest absolute Gasteiger partial charge is 0.452 e. The molecule has 0 spiro atoms. The van der Waals surface area contributed by atoms with Crippen molar-refractivity contribution in [2.45, 2.75) is 36.6 Å². The predicted octanol–water partition coefficient (Wildman–Crippen LogP) is 4.19. The Balaban J connectivity index is 1.14. The molecule has 0 radical (unpaired) electrons. The summed E-state index contributed by atoms with van der Waals surface area (Å²) in [6.07, 6.45) is 6.29. The number of nitrogens with zero attached hydrogens (tertiary/aromatic N) is 1. The van der Waals surface area contributed by atoms with Gasteiger partial charge < -0.3 is 10.1 Å². The zero-order valence-corrected chi connectivity index (χ0v) is 21.1. The quantitative estimate of drug-likeness (QED) is 0.376. The van der Waals surface area contributed by atoms with Crippen LogP contribution in [-0.4, -0.2) is 33.4 Å². The molecule has 0 bridgehead atoms. The van der Waals surface area contributed by atoms with Gasteiger partial charge in [0.1, 0.15) is 0 Å². The van der Waals surface area contributed by atoms with Gasteiger partial charge in [-0.1, -0.05) is 54.6 Å². The molecule has 0 aromatic heterocycles. The van der Waals surface area contributed by atoms with E-state index in [0.717, 1.165) is 30.4 Å². The van der Waals surface area contributed by atoms with Gasteiger partial charge in [-0.3, -0.25) is 9.10 Å². The summed E-state index contributed by atoms with van der Waals surface area (Å²) in [5.74, 6) is -0.994. The van der Waals surface area contributed by atoms with Crippen LogP contribution in [0.25, 0.3) is 6.08 Å². The van der Waals surface area contributed by atoms with E-state index in [0.29, 0.717) is 24.2 Å². The molecular formula is C29H28N2O5S. The summed E-state index contributed by atoms with van der Waals surface area (Å²) < 4.78 is 32.8. The molecule has 5 rings (SSSR count). The normalized spacial score (nSPS) is 16.8.